The molecule has 0 atom stereocenters. The van der Waals surface area contributed by atoms with Gasteiger partial charge in [-0.05, 0) is 30.5 Å². The molecule has 0 saturated heterocycles. The van der Waals surface area contributed by atoms with Gasteiger partial charge in [0.05, 0.1) is 6.10 Å². The molecule has 4 N–H and O–H groups in total. The average Bonchev–Trinajstić information content (AvgIpc) is 3.18. The van der Waals surface area contributed by atoms with Crippen LogP contribution in [0.4, 0.5) is 5.82 Å². The quantitative estimate of drug-likeness (QED) is 0.431. The Hall–Kier alpha value is -3.91. The molecule has 0 radical (unpaired) electrons. The van der Waals surface area contributed by atoms with Crippen molar-refractivity contribution in [3.8, 4) is 17.0 Å². The number of hydrogen-bond donors (Lipinski definition) is 2. The second-order valence-corrected chi connectivity index (χ2v) is 8.22. The topological polar surface area (TPSA) is 118 Å². The lowest BCUT2D eigenvalue weighted by Crippen LogP contribution is -2.33. The summed E-state index contributed by atoms with van der Waals surface area (Å²) >= 11 is 0. The Morgan fingerprint density at radius 2 is 1.94 bits per heavy atom. The lowest BCUT2D eigenvalue weighted by atomic mass is 9.81. The highest BCUT2D eigenvalue weighted by molar-refractivity contribution is 5.85. The number of amides is 1. The van der Waals surface area contributed by atoms with Gasteiger partial charge < -0.3 is 20.9 Å². The van der Waals surface area contributed by atoms with Crippen LogP contribution in [0.1, 0.15) is 30.1 Å². The maximum Gasteiger partial charge on any atom is 0.243 e. The SMILES string of the molecule is NC(=O)COC1CC(c2nc(-c3cccc(OCc4ccccc4)c3)c3c(N)nccn23)C1. The van der Waals surface area contributed by atoms with Crippen LogP contribution in [-0.2, 0) is 16.1 Å². The van der Waals surface area contributed by atoms with E-state index < -0.39 is 5.91 Å². The number of nitrogen functional groups attached to an aromatic ring is 1. The zero-order valence-corrected chi connectivity index (χ0v) is 18.1. The van der Waals surface area contributed by atoms with Gasteiger partial charge in [0.25, 0.3) is 0 Å². The Bertz CT molecular complexity index is 1280. The molecule has 1 saturated carbocycles. The molecule has 8 heteroatoms. The Labute approximate surface area is 191 Å². The number of fused-ring (bicyclic) bond motifs is 1. The fourth-order valence-electron chi connectivity index (χ4n) is 4.16. The van der Waals surface area contributed by atoms with Gasteiger partial charge >= 0.3 is 0 Å². The maximum absolute atomic E-state index is 11.0. The molecule has 168 valence electrons. The van der Waals surface area contributed by atoms with Crippen LogP contribution in [0.3, 0.4) is 0 Å². The maximum atomic E-state index is 11.0. The lowest BCUT2D eigenvalue weighted by Gasteiger charge is -2.33. The fourth-order valence-corrected chi connectivity index (χ4v) is 4.16. The second-order valence-electron chi connectivity index (χ2n) is 8.22. The Balaban J connectivity index is 1.41. The molecule has 0 unspecified atom stereocenters. The molecule has 5 rings (SSSR count). The number of primary amides is 1. The van der Waals surface area contributed by atoms with E-state index in [9.17, 15) is 4.79 Å². The summed E-state index contributed by atoms with van der Waals surface area (Å²) in [6.07, 6.45) is 5.11. The first-order valence-electron chi connectivity index (χ1n) is 10.9. The predicted octanol–water partition coefficient (Wildman–Crippen LogP) is 3.31. The summed E-state index contributed by atoms with van der Waals surface area (Å²) in [7, 11) is 0. The van der Waals surface area contributed by atoms with Crippen molar-refractivity contribution in [2.24, 2.45) is 5.73 Å². The van der Waals surface area contributed by atoms with Crippen LogP contribution in [0.5, 0.6) is 5.75 Å². The predicted molar refractivity (Wildman–Crippen MR) is 125 cm³/mol. The monoisotopic (exact) mass is 443 g/mol. The van der Waals surface area contributed by atoms with Crippen LogP contribution >= 0.6 is 0 Å². The minimum Gasteiger partial charge on any atom is -0.489 e. The third-order valence-corrected chi connectivity index (χ3v) is 5.89. The average molecular weight is 444 g/mol. The van der Waals surface area contributed by atoms with Crippen molar-refractivity contribution in [1.29, 1.82) is 0 Å². The van der Waals surface area contributed by atoms with E-state index in [2.05, 4.69) is 4.98 Å². The molecule has 0 aliphatic heterocycles. The van der Waals surface area contributed by atoms with Crippen molar-refractivity contribution in [2.45, 2.75) is 31.5 Å². The number of ether oxygens (including phenoxy) is 2. The molecule has 2 aromatic heterocycles. The van der Waals surface area contributed by atoms with Crippen molar-refractivity contribution in [2.75, 3.05) is 12.3 Å². The van der Waals surface area contributed by atoms with Crippen molar-refractivity contribution in [3.05, 3.63) is 78.4 Å². The number of benzene rings is 2. The third kappa shape index (κ3) is 4.38. The molecule has 0 bridgehead atoms. The molecule has 8 nitrogen and oxygen atoms in total. The van der Waals surface area contributed by atoms with Crippen LogP contribution in [0.25, 0.3) is 16.8 Å². The van der Waals surface area contributed by atoms with Crippen molar-refractivity contribution in [1.82, 2.24) is 14.4 Å². The number of nitrogens with two attached hydrogens (primary N) is 2. The summed E-state index contributed by atoms with van der Waals surface area (Å²) in [5, 5.41) is 0. The van der Waals surface area contributed by atoms with E-state index in [0.717, 1.165) is 46.8 Å². The third-order valence-electron chi connectivity index (χ3n) is 5.89. The van der Waals surface area contributed by atoms with Gasteiger partial charge in [0.1, 0.15) is 41.8 Å². The number of nitrogens with zero attached hydrogens (tertiary/aromatic N) is 3. The standard InChI is InChI=1S/C25H25N5O3/c26-21(31)15-33-20-12-18(13-20)25-29-22(23-24(27)28-9-10-30(23)25)17-7-4-8-19(11-17)32-14-16-5-2-1-3-6-16/h1-11,18,20H,12-15H2,(H2,26,31)(H2,27,28). The van der Waals surface area contributed by atoms with E-state index >= 15 is 0 Å². The summed E-state index contributed by atoms with van der Waals surface area (Å²) in [4.78, 5) is 20.2. The van der Waals surface area contributed by atoms with Gasteiger partial charge in [-0.25, -0.2) is 9.97 Å². The van der Waals surface area contributed by atoms with Crippen molar-refractivity contribution < 1.29 is 14.3 Å². The Morgan fingerprint density at radius 3 is 2.73 bits per heavy atom. The summed E-state index contributed by atoms with van der Waals surface area (Å²) in [6.45, 7) is 0.426. The molecule has 1 amide bonds. The number of aromatic nitrogens is 3. The number of anilines is 1. The largest absolute Gasteiger partial charge is 0.489 e. The van der Waals surface area contributed by atoms with Gasteiger partial charge in [-0.2, -0.15) is 0 Å². The first-order valence-corrected chi connectivity index (χ1v) is 10.9. The summed E-state index contributed by atoms with van der Waals surface area (Å²) in [5.41, 5.74) is 15.0. The molecule has 0 spiro atoms. The lowest BCUT2D eigenvalue weighted by molar-refractivity contribution is -0.126. The van der Waals surface area contributed by atoms with Gasteiger partial charge in [-0.1, -0.05) is 42.5 Å². The first kappa shape index (κ1) is 21.0. The Morgan fingerprint density at radius 1 is 1.12 bits per heavy atom. The highest BCUT2D eigenvalue weighted by Gasteiger charge is 2.35. The highest BCUT2D eigenvalue weighted by atomic mass is 16.5. The molecule has 2 aromatic carbocycles. The van der Waals surface area contributed by atoms with Gasteiger partial charge in [0.2, 0.25) is 5.91 Å². The van der Waals surface area contributed by atoms with E-state index in [1.165, 1.54) is 0 Å². The van der Waals surface area contributed by atoms with Gasteiger partial charge in [-0.15, -0.1) is 0 Å². The molecular weight excluding hydrogens is 418 g/mol. The fraction of sp³-hybridized carbons (Fsp3) is 0.240. The molecule has 1 aliphatic carbocycles. The van der Waals surface area contributed by atoms with E-state index in [0.29, 0.717) is 12.4 Å². The van der Waals surface area contributed by atoms with Gasteiger partial charge in [-0.3, -0.25) is 9.20 Å². The first-order chi connectivity index (χ1) is 16.1. The number of imidazole rings is 1. The second kappa shape index (κ2) is 8.91. The van der Waals surface area contributed by atoms with Gasteiger partial charge in [0, 0.05) is 23.9 Å². The minimum atomic E-state index is -0.458. The molecule has 4 aromatic rings. The van der Waals surface area contributed by atoms with Crippen LogP contribution in [0, 0.1) is 0 Å². The van der Waals surface area contributed by atoms with E-state index in [1.807, 2.05) is 65.2 Å². The van der Waals surface area contributed by atoms with Crippen LogP contribution in [-0.4, -0.2) is 33.0 Å². The summed E-state index contributed by atoms with van der Waals surface area (Å²) in [6, 6.07) is 17.9. The smallest absolute Gasteiger partial charge is 0.243 e. The molecule has 1 aliphatic rings. The van der Waals surface area contributed by atoms with Crippen LogP contribution < -0.4 is 16.2 Å². The highest BCUT2D eigenvalue weighted by Crippen LogP contribution is 2.41. The summed E-state index contributed by atoms with van der Waals surface area (Å²) in [5.74, 6) is 1.82. The van der Waals surface area contributed by atoms with Crippen LogP contribution in [0.15, 0.2) is 67.0 Å². The normalized spacial score (nSPS) is 17.6. The van der Waals surface area contributed by atoms with Crippen molar-refractivity contribution in [3.63, 3.8) is 0 Å². The van der Waals surface area contributed by atoms with E-state index in [-0.39, 0.29) is 18.6 Å². The number of rotatable bonds is 8. The molecule has 33 heavy (non-hydrogen) atoms. The number of carbonyl (C=O) groups is 1. The van der Waals surface area contributed by atoms with Gasteiger partial charge in [0.15, 0.2) is 0 Å². The minimum absolute atomic E-state index is 0.00667. The molecule has 1 fully saturated rings. The number of hydrogen-bond acceptors (Lipinski definition) is 6. The molecular formula is C25H25N5O3. The van der Waals surface area contributed by atoms with E-state index in [4.69, 9.17) is 25.9 Å². The Kier molecular flexibility index (Phi) is 5.66. The molecule has 2 heterocycles. The zero-order chi connectivity index (χ0) is 22.8. The zero-order valence-electron chi connectivity index (χ0n) is 18.1. The van der Waals surface area contributed by atoms with E-state index in [1.54, 1.807) is 6.20 Å². The van der Waals surface area contributed by atoms with Crippen molar-refractivity contribution >= 4 is 17.2 Å². The van der Waals surface area contributed by atoms with Crippen LogP contribution in [0.2, 0.25) is 0 Å². The summed E-state index contributed by atoms with van der Waals surface area (Å²) < 4.78 is 13.5. The number of carbonyl (C=O) groups excluding carboxylic acids is 1.